The van der Waals surface area contributed by atoms with Crippen LogP contribution in [0.4, 0.5) is 11.4 Å². The minimum absolute atomic E-state index is 0.0594. The summed E-state index contributed by atoms with van der Waals surface area (Å²) in [5.74, 6) is 0.662. The number of nitrogen functional groups attached to an aromatic ring is 1. The van der Waals surface area contributed by atoms with Gasteiger partial charge in [0.2, 0.25) is 0 Å². The molecule has 0 aliphatic carbocycles. The number of nitrogens with one attached hydrogen (secondary N) is 1. The van der Waals surface area contributed by atoms with Crippen LogP contribution in [-0.2, 0) is 0 Å². The average Bonchev–Trinajstić information content (AvgIpc) is 2.81. The summed E-state index contributed by atoms with van der Waals surface area (Å²) < 4.78 is 0. The van der Waals surface area contributed by atoms with E-state index in [1.165, 1.54) is 12.1 Å². The maximum atomic E-state index is 10.6. The Morgan fingerprint density at radius 1 is 1.16 bits per heavy atom. The number of aromatic nitrogens is 2. The topological polar surface area (TPSA) is 97.8 Å². The van der Waals surface area contributed by atoms with Gasteiger partial charge in [-0.05, 0) is 30.3 Å². The van der Waals surface area contributed by atoms with Crippen LogP contribution < -0.4 is 5.73 Å². The molecule has 0 spiro atoms. The smallest absolute Gasteiger partial charge is 0.269 e. The first-order valence-corrected chi connectivity index (χ1v) is 5.63. The lowest BCUT2D eigenvalue weighted by molar-refractivity contribution is -0.384. The molecule has 6 nitrogen and oxygen atoms in total. The molecule has 3 aromatic rings. The molecule has 3 rings (SSSR count). The van der Waals surface area contributed by atoms with Crippen LogP contribution >= 0.6 is 0 Å². The lowest BCUT2D eigenvalue weighted by Crippen LogP contribution is -1.87. The van der Waals surface area contributed by atoms with Crippen molar-refractivity contribution in [3.8, 4) is 11.4 Å². The van der Waals surface area contributed by atoms with Crippen LogP contribution in [0.5, 0.6) is 0 Å². The van der Waals surface area contributed by atoms with Gasteiger partial charge < -0.3 is 10.7 Å². The molecule has 0 saturated carbocycles. The van der Waals surface area contributed by atoms with Gasteiger partial charge in [-0.3, -0.25) is 10.1 Å². The number of aromatic amines is 1. The van der Waals surface area contributed by atoms with Crippen LogP contribution in [0, 0.1) is 10.1 Å². The molecule has 0 aliphatic rings. The molecule has 0 unspecified atom stereocenters. The van der Waals surface area contributed by atoms with Crippen molar-refractivity contribution < 1.29 is 4.92 Å². The number of nitrogens with two attached hydrogens (primary N) is 1. The van der Waals surface area contributed by atoms with Crippen molar-refractivity contribution in [2.24, 2.45) is 0 Å². The van der Waals surface area contributed by atoms with Crippen molar-refractivity contribution in [3.05, 3.63) is 52.6 Å². The lowest BCUT2D eigenvalue weighted by Gasteiger charge is -1.95. The predicted molar refractivity (Wildman–Crippen MR) is 72.6 cm³/mol. The summed E-state index contributed by atoms with van der Waals surface area (Å²) in [7, 11) is 0. The minimum Gasteiger partial charge on any atom is -0.399 e. The van der Waals surface area contributed by atoms with Crippen molar-refractivity contribution in [1.29, 1.82) is 0 Å². The second-order valence-electron chi connectivity index (χ2n) is 4.17. The highest BCUT2D eigenvalue weighted by Crippen LogP contribution is 2.23. The number of nitrogens with zero attached hydrogens (tertiary/aromatic N) is 2. The molecule has 0 atom stereocenters. The second-order valence-corrected chi connectivity index (χ2v) is 4.17. The Labute approximate surface area is 108 Å². The van der Waals surface area contributed by atoms with Gasteiger partial charge >= 0.3 is 0 Å². The quantitative estimate of drug-likeness (QED) is 0.417. The highest BCUT2D eigenvalue weighted by molar-refractivity contribution is 5.82. The first-order valence-electron chi connectivity index (χ1n) is 5.63. The molecule has 0 saturated heterocycles. The largest absolute Gasteiger partial charge is 0.399 e. The average molecular weight is 254 g/mol. The molecule has 0 amide bonds. The van der Waals surface area contributed by atoms with Crippen LogP contribution in [0.1, 0.15) is 0 Å². The number of anilines is 1. The van der Waals surface area contributed by atoms with E-state index >= 15 is 0 Å². The van der Waals surface area contributed by atoms with Crippen LogP contribution in [0.2, 0.25) is 0 Å². The van der Waals surface area contributed by atoms with Crippen molar-refractivity contribution in [3.63, 3.8) is 0 Å². The van der Waals surface area contributed by atoms with Crippen LogP contribution in [-0.4, -0.2) is 14.9 Å². The summed E-state index contributed by atoms with van der Waals surface area (Å²) in [6.07, 6.45) is 0. The SMILES string of the molecule is Nc1ccc2[nH]c(-c3ccc([N+](=O)[O-])cc3)nc2c1. The Bertz CT molecular complexity index is 762. The maximum absolute atomic E-state index is 10.6. The molecular weight excluding hydrogens is 244 g/mol. The van der Waals surface area contributed by atoms with Crippen LogP contribution in [0.3, 0.4) is 0 Å². The van der Waals surface area contributed by atoms with Gasteiger partial charge in [0.15, 0.2) is 0 Å². The molecule has 6 heteroatoms. The fraction of sp³-hybridized carbons (Fsp3) is 0. The summed E-state index contributed by atoms with van der Waals surface area (Å²) in [5.41, 5.74) is 8.84. The zero-order valence-electron chi connectivity index (χ0n) is 9.83. The number of imidazole rings is 1. The number of hydrogen-bond donors (Lipinski definition) is 2. The third kappa shape index (κ3) is 1.99. The third-order valence-electron chi connectivity index (χ3n) is 2.86. The zero-order chi connectivity index (χ0) is 13.4. The van der Waals surface area contributed by atoms with E-state index in [4.69, 9.17) is 5.73 Å². The minimum atomic E-state index is -0.427. The van der Waals surface area contributed by atoms with E-state index in [1.807, 2.05) is 6.07 Å². The zero-order valence-corrected chi connectivity index (χ0v) is 9.83. The normalized spacial score (nSPS) is 10.7. The summed E-state index contributed by atoms with van der Waals surface area (Å²) in [6.45, 7) is 0. The summed E-state index contributed by atoms with van der Waals surface area (Å²) >= 11 is 0. The fourth-order valence-electron chi connectivity index (χ4n) is 1.90. The molecule has 0 aliphatic heterocycles. The number of nitro groups is 1. The maximum Gasteiger partial charge on any atom is 0.269 e. The van der Waals surface area contributed by atoms with Gasteiger partial charge in [-0.15, -0.1) is 0 Å². The third-order valence-corrected chi connectivity index (χ3v) is 2.86. The first kappa shape index (κ1) is 11.2. The predicted octanol–water partition coefficient (Wildman–Crippen LogP) is 2.72. The Morgan fingerprint density at radius 3 is 2.58 bits per heavy atom. The molecule has 94 valence electrons. The Hall–Kier alpha value is -2.89. The van der Waals surface area contributed by atoms with E-state index < -0.39 is 4.92 Å². The Kier molecular flexibility index (Phi) is 2.42. The molecule has 0 bridgehead atoms. The highest BCUT2D eigenvalue weighted by atomic mass is 16.6. The lowest BCUT2D eigenvalue weighted by atomic mass is 10.2. The molecule has 0 fully saturated rings. The number of hydrogen-bond acceptors (Lipinski definition) is 4. The number of nitro benzene ring substituents is 1. The number of non-ortho nitro benzene ring substituents is 1. The number of fused-ring (bicyclic) bond motifs is 1. The van der Waals surface area contributed by atoms with E-state index in [0.29, 0.717) is 11.5 Å². The van der Waals surface area contributed by atoms with Gasteiger partial charge in [0.1, 0.15) is 5.82 Å². The van der Waals surface area contributed by atoms with E-state index in [9.17, 15) is 10.1 Å². The van der Waals surface area contributed by atoms with Crippen molar-refractivity contribution in [2.75, 3.05) is 5.73 Å². The van der Waals surface area contributed by atoms with E-state index in [-0.39, 0.29) is 5.69 Å². The van der Waals surface area contributed by atoms with Gasteiger partial charge in [-0.2, -0.15) is 0 Å². The van der Waals surface area contributed by atoms with Gasteiger partial charge in [0.05, 0.1) is 16.0 Å². The molecule has 2 aromatic carbocycles. The fourth-order valence-corrected chi connectivity index (χ4v) is 1.90. The monoisotopic (exact) mass is 254 g/mol. The molecule has 3 N–H and O–H groups in total. The van der Waals surface area contributed by atoms with E-state index in [2.05, 4.69) is 9.97 Å². The standard InChI is InChI=1S/C13H10N4O2/c14-9-3-6-11-12(7-9)16-13(15-11)8-1-4-10(5-2-8)17(18)19/h1-7H,14H2,(H,15,16). The van der Waals surface area contributed by atoms with Crippen LogP contribution in [0.25, 0.3) is 22.4 Å². The molecule has 19 heavy (non-hydrogen) atoms. The van der Waals surface area contributed by atoms with E-state index in [0.717, 1.165) is 16.6 Å². The first-order chi connectivity index (χ1) is 9.13. The summed E-state index contributed by atoms with van der Waals surface area (Å²) in [4.78, 5) is 17.7. The number of rotatable bonds is 2. The second kappa shape index (κ2) is 4.09. The van der Waals surface area contributed by atoms with Crippen molar-refractivity contribution in [2.45, 2.75) is 0 Å². The Morgan fingerprint density at radius 2 is 1.89 bits per heavy atom. The molecular formula is C13H10N4O2. The van der Waals surface area contributed by atoms with Gasteiger partial charge in [0.25, 0.3) is 5.69 Å². The number of benzene rings is 2. The number of H-pyrrole nitrogens is 1. The van der Waals surface area contributed by atoms with Gasteiger partial charge in [-0.25, -0.2) is 4.98 Å². The van der Waals surface area contributed by atoms with Crippen LogP contribution in [0.15, 0.2) is 42.5 Å². The van der Waals surface area contributed by atoms with Crippen molar-refractivity contribution in [1.82, 2.24) is 9.97 Å². The summed E-state index contributed by atoms with van der Waals surface area (Å²) in [5, 5.41) is 10.6. The molecule has 1 heterocycles. The highest BCUT2D eigenvalue weighted by Gasteiger charge is 2.08. The Balaban J connectivity index is 2.06. The molecule has 0 radical (unpaired) electrons. The van der Waals surface area contributed by atoms with Gasteiger partial charge in [0, 0.05) is 23.4 Å². The van der Waals surface area contributed by atoms with Gasteiger partial charge in [-0.1, -0.05) is 0 Å². The van der Waals surface area contributed by atoms with E-state index in [1.54, 1.807) is 24.3 Å². The van der Waals surface area contributed by atoms with Crippen molar-refractivity contribution >= 4 is 22.4 Å². The molecule has 1 aromatic heterocycles. The summed E-state index contributed by atoms with van der Waals surface area (Å²) in [6, 6.07) is 11.7.